The molecular weight excluding hydrogens is 593 g/mol. The maximum absolute atomic E-state index is 6.68. The van der Waals surface area contributed by atoms with Crippen LogP contribution in [0.5, 0.6) is 5.75 Å². The van der Waals surface area contributed by atoms with Crippen LogP contribution in [0.3, 0.4) is 0 Å². The minimum absolute atomic E-state index is 0.153. The van der Waals surface area contributed by atoms with Crippen LogP contribution >= 0.6 is 23.1 Å². The molecule has 0 fully saturated rings. The first kappa shape index (κ1) is 32.2. The van der Waals surface area contributed by atoms with E-state index in [2.05, 4.69) is 140 Å². The van der Waals surface area contributed by atoms with Gasteiger partial charge in [-0.3, -0.25) is 4.98 Å². The number of aryl methyl sites for hydroxylation is 4. The second-order valence-corrected chi connectivity index (χ2v) is 20.4. The van der Waals surface area contributed by atoms with E-state index in [-0.39, 0.29) is 10.3 Å². The topological polar surface area (TPSA) is 35.0 Å². The minimum Gasteiger partial charge on any atom is -0.543 e. The van der Waals surface area contributed by atoms with Crippen molar-refractivity contribution in [2.24, 2.45) is 0 Å². The second-order valence-electron chi connectivity index (χ2n) is 13.4. The molecule has 0 amide bonds. The fourth-order valence-electron chi connectivity index (χ4n) is 4.77. The Labute approximate surface area is 273 Å². The first-order valence-corrected chi connectivity index (χ1v) is 19.9. The third-order valence-corrected chi connectivity index (χ3v) is 15.6. The van der Waals surface area contributed by atoms with Crippen molar-refractivity contribution in [3.63, 3.8) is 0 Å². The predicted molar refractivity (Wildman–Crippen MR) is 193 cm³/mol. The number of pyridine rings is 1. The number of aromatic nitrogens is 2. The second kappa shape index (κ2) is 13.0. The van der Waals surface area contributed by atoms with Gasteiger partial charge in [0.25, 0.3) is 0 Å². The van der Waals surface area contributed by atoms with Gasteiger partial charge in [0.1, 0.15) is 10.8 Å². The maximum atomic E-state index is 6.68. The van der Waals surface area contributed by atoms with E-state index in [1.165, 1.54) is 37.6 Å². The normalized spacial score (nSPS) is 12.8. The van der Waals surface area contributed by atoms with Crippen molar-refractivity contribution in [2.45, 2.75) is 83.2 Å². The van der Waals surface area contributed by atoms with Crippen LogP contribution in [0.1, 0.15) is 58.8 Å². The lowest BCUT2D eigenvalue weighted by Gasteiger charge is -2.37. The quantitative estimate of drug-likeness (QED) is 0.119. The number of nitrogens with zero attached hydrogens (tertiary/aromatic N) is 2. The Bertz CT molecular complexity index is 1720. The average molecular weight is 637 g/mol. The van der Waals surface area contributed by atoms with E-state index < -0.39 is 8.32 Å². The summed E-state index contributed by atoms with van der Waals surface area (Å²) in [6.45, 7) is 20.0. The molecule has 1 atom stereocenters. The molecule has 5 rings (SSSR count). The van der Waals surface area contributed by atoms with Crippen LogP contribution in [-0.4, -0.2) is 18.3 Å². The molecule has 3 aromatic carbocycles. The summed E-state index contributed by atoms with van der Waals surface area (Å²) in [5.74, 6) is 1.00. The van der Waals surface area contributed by atoms with Crippen molar-refractivity contribution in [3.8, 4) is 27.6 Å². The van der Waals surface area contributed by atoms with Gasteiger partial charge in [0.15, 0.2) is 0 Å². The third kappa shape index (κ3) is 7.53. The summed E-state index contributed by atoms with van der Waals surface area (Å²) in [6.07, 6.45) is 2.91. The molecule has 0 saturated carbocycles. The number of rotatable bonds is 9. The Morgan fingerprint density at radius 3 is 2.02 bits per heavy atom. The highest BCUT2D eigenvalue weighted by atomic mass is 32.2. The van der Waals surface area contributed by atoms with Gasteiger partial charge in [0.05, 0.1) is 11.4 Å². The summed E-state index contributed by atoms with van der Waals surface area (Å²) in [4.78, 5) is 12.5. The van der Waals surface area contributed by atoms with Gasteiger partial charge in [-0.15, -0.1) is 23.1 Å². The van der Waals surface area contributed by atoms with Gasteiger partial charge in [-0.2, -0.15) is 0 Å². The first-order valence-electron chi connectivity index (χ1n) is 15.3. The number of thioether (sulfide) groups is 1. The molecule has 2 heterocycles. The lowest BCUT2D eigenvalue weighted by atomic mass is 10.1. The van der Waals surface area contributed by atoms with Gasteiger partial charge in [-0.1, -0.05) is 86.5 Å². The highest BCUT2D eigenvalue weighted by molar-refractivity contribution is 7.99. The fraction of sp³-hybridized carbons (Fsp3) is 0.316. The maximum Gasteiger partial charge on any atom is 0.250 e. The summed E-state index contributed by atoms with van der Waals surface area (Å²) in [7, 11) is -1.92. The molecule has 0 radical (unpaired) electrons. The summed E-state index contributed by atoms with van der Waals surface area (Å²) >= 11 is 3.72. The van der Waals surface area contributed by atoms with Crippen LogP contribution in [0.15, 0.2) is 90.0 Å². The molecule has 5 aromatic rings. The Morgan fingerprint density at radius 2 is 1.45 bits per heavy atom. The van der Waals surface area contributed by atoms with E-state index in [4.69, 9.17) is 14.4 Å². The molecule has 0 spiro atoms. The zero-order chi connectivity index (χ0) is 31.6. The molecule has 0 aliphatic carbocycles. The number of hydrogen-bond acceptors (Lipinski definition) is 5. The molecule has 6 heteroatoms. The standard InChI is InChI=1S/C38H44N2OS2Si/c1-25-10-15-30(16-11-25)33-20-14-29(24-39-33)23-35(36-28(4)40-37(43-36)31-17-12-26(2)13-18-31)42-32-19-21-34(27(3)22-32)41-44(8,9)38(5,6)7/h10-22,24,35H,23H2,1-9H3. The molecule has 3 nitrogen and oxygen atoms in total. The molecule has 44 heavy (non-hydrogen) atoms. The van der Waals surface area contributed by atoms with E-state index in [1.807, 2.05) is 29.3 Å². The Kier molecular flexibility index (Phi) is 9.54. The van der Waals surface area contributed by atoms with Crippen molar-refractivity contribution in [1.29, 1.82) is 0 Å². The third-order valence-electron chi connectivity index (χ3n) is 8.61. The molecule has 0 aliphatic rings. The van der Waals surface area contributed by atoms with Gasteiger partial charge in [-0.05, 0) is 87.6 Å². The number of hydrogen-bond donors (Lipinski definition) is 0. The summed E-state index contributed by atoms with van der Waals surface area (Å²) in [5.41, 5.74) is 9.33. The van der Waals surface area contributed by atoms with E-state index in [0.717, 1.165) is 34.1 Å². The summed E-state index contributed by atoms with van der Waals surface area (Å²) in [6, 6.07) is 28.3. The SMILES string of the molecule is Cc1ccc(-c2ccc(CC(Sc3ccc(O[Si](C)(C)C(C)(C)C)c(C)c3)c3sc(-c4ccc(C)cc4)nc3C)cn2)cc1. The van der Waals surface area contributed by atoms with Crippen LogP contribution in [0.25, 0.3) is 21.8 Å². The first-order chi connectivity index (χ1) is 20.8. The van der Waals surface area contributed by atoms with Crippen LogP contribution < -0.4 is 4.43 Å². The molecule has 228 valence electrons. The van der Waals surface area contributed by atoms with E-state index in [1.54, 1.807) is 0 Å². The zero-order valence-corrected chi connectivity index (χ0v) is 30.1. The van der Waals surface area contributed by atoms with Crippen LogP contribution in [0.4, 0.5) is 0 Å². The van der Waals surface area contributed by atoms with Crippen molar-refractivity contribution >= 4 is 31.4 Å². The van der Waals surface area contributed by atoms with Gasteiger partial charge in [-0.25, -0.2) is 4.98 Å². The largest absolute Gasteiger partial charge is 0.543 e. The number of thiazole rings is 1. The Morgan fingerprint density at radius 1 is 0.818 bits per heavy atom. The lowest BCUT2D eigenvalue weighted by molar-refractivity contribution is 0.489. The predicted octanol–water partition coefficient (Wildman–Crippen LogP) is 11.6. The molecular formula is C38H44N2OS2Si. The molecule has 1 unspecified atom stereocenters. The van der Waals surface area contributed by atoms with Gasteiger partial charge < -0.3 is 4.43 Å². The fourth-order valence-corrected chi connectivity index (χ4v) is 8.47. The van der Waals surface area contributed by atoms with Crippen molar-refractivity contribution < 1.29 is 4.43 Å². The van der Waals surface area contributed by atoms with Crippen LogP contribution in [0, 0.1) is 27.7 Å². The van der Waals surface area contributed by atoms with Crippen molar-refractivity contribution in [2.75, 3.05) is 0 Å². The highest BCUT2D eigenvalue weighted by Crippen LogP contribution is 2.45. The summed E-state index contributed by atoms with van der Waals surface area (Å²) in [5, 5.41) is 1.43. The summed E-state index contributed by atoms with van der Waals surface area (Å²) < 4.78 is 6.68. The van der Waals surface area contributed by atoms with E-state index >= 15 is 0 Å². The van der Waals surface area contributed by atoms with Gasteiger partial charge >= 0.3 is 0 Å². The average Bonchev–Trinajstić information content (AvgIpc) is 3.36. The van der Waals surface area contributed by atoms with E-state index in [9.17, 15) is 0 Å². The van der Waals surface area contributed by atoms with Crippen LogP contribution in [-0.2, 0) is 6.42 Å². The highest BCUT2D eigenvalue weighted by Gasteiger charge is 2.39. The molecule has 0 aliphatic heterocycles. The molecule has 0 bridgehead atoms. The van der Waals surface area contributed by atoms with E-state index in [0.29, 0.717) is 0 Å². The Balaban J connectivity index is 1.45. The Hall–Kier alpha value is -3.19. The minimum atomic E-state index is -1.92. The lowest BCUT2D eigenvalue weighted by Crippen LogP contribution is -2.44. The van der Waals surface area contributed by atoms with Crippen LogP contribution in [0.2, 0.25) is 18.1 Å². The van der Waals surface area contributed by atoms with Gasteiger partial charge in [0, 0.05) is 32.3 Å². The zero-order valence-electron chi connectivity index (χ0n) is 27.5. The monoisotopic (exact) mass is 636 g/mol. The molecule has 0 N–H and O–H groups in total. The van der Waals surface area contributed by atoms with Crippen molar-refractivity contribution in [1.82, 2.24) is 9.97 Å². The number of benzene rings is 3. The smallest absolute Gasteiger partial charge is 0.250 e. The van der Waals surface area contributed by atoms with Gasteiger partial charge in [0.2, 0.25) is 8.32 Å². The van der Waals surface area contributed by atoms with Crippen molar-refractivity contribution in [3.05, 3.63) is 118 Å². The molecule has 0 saturated heterocycles. The molecule has 2 aromatic heterocycles.